The molecule has 0 aliphatic heterocycles. The lowest BCUT2D eigenvalue weighted by molar-refractivity contribution is -0.137. The maximum absolute atomic E-state index is 12.5. The van der Waals surface area contributed by atoms with E-state index in [9.17, 15) is 13.2 Å². The molecule has 0 amide bonds. The fourth-order valence-corrected chi connectivity index (χ4v) is 1.58. The Kier molecular flexibility index (Phi) is 4.46. The van der Waals surface area contributed by atoms with E-state index in [1.807, 2.05) is 19.9 Å². The van der Waals surface area contributed by atoms with Crippen molar-refractivity contribution in [2.45, 2.75) is 20.0 Å². The van der Waals surface area contributed by atoms with Crippen LogP contribution in [-0.2, 0) is 6.18 Å². The Labute approximate surface area is 104 Å². The third kappa shape index (κ3) is 3.97. The Hall–Kier alpha value is -1.16. The summed E-state index contributed by atoms with van der Waals surface area (Å²) in [4.78, 5) is 0.520. The van der Waals surface area contributed by atoms with Gasteiger partial charge in [0.15, 0.2) is 0 Å². The second-order valence-corrected chi connectivity index (χ2v) is 4.12. The summed E-state index contributed by atoms with van der Waals surface area (Å²) in [6, 6.07) is 5.14. The van der Waals surface area contributed by atoms with Crippen molar-refractivity contribution in [2.75, 3.05) is 0 Å². The minimum Gasteiger partial charge on any atom is -0.166 e. The molecule has 4 heteroatoms. The molecular formula is C13H13F3S. The normalized spacial score (nSPS) is 14.0. The van der Waals surface area contributed by atoms with Crippen LogP contribution in [0.25, 0.3) is 4.91 Å². The summed E-state index contributed by atoms with van der Waals surface area (Å²) in [5.41, 5.74) is 0.754. The first-order valence-corrected chi connectivity index (χ1v) is 5.50. The van der Waals surface area contributed by atoms with Gasteiger partial charge in [-0.05, 0) is 37.6 Å². The third-order valence-corrected chi connectivity index (χ3v) is 2.69. The number of alkyl halides is 3. The Bertz CT molecular complexity index is 456. The molecule has 0 nitrogen and oxygen atoms in total. The highest BCUT2D eigenvalue weighted by Crippen LogP contribution is 2.31. The van der Waals surface area contributed by atoms with Crippen molar-refractivity contribution in [1.82, 2.24) is 0 Å². The van der Waals surface area contributed by atoms with E-state index in [2.05, 4.69) is 12.6 Å². The molecule has 0 bridgehead atoms. The zero-order chi connectivity index (χ0) is 13.1. The molecule has 1 aromatic carbocycles. The van der Waals surface area contributed by atoms with Gasteiger partial charge in [-0.2, -0.15) is 13.2 Å². The van der Waals surface area contributed by atoms with Crippen LogP contribution >= 0.6 is 12.6 Å². The highest BCUT2D eigenvalue weighted by Gasteiger charge is 2.30. The van der Waals surface area contributed by atoms with Crippen LogP contribution in [0.3, 0.4) is 0 Å². The second kappa shape index (κ2) is 5.45. The molecule has 0 fully saturated rings. The Morgan fingerprint density at radius 1 is 1.29 bits per heavy atom. The first-order valence-electron chi connectivity index (χ1n) is 5.06. The van der Waals surface area contributed by atoms with E-state index in [4.69, 9.17) is 0 Å². The lowest BCUT2D eigenvalue weighted by Gasteiger charge is -2.08. The van der Waals surface area contributed by atoms with Crippen LogP contribution < -0.4 is 0 Å². The summed E-state index contributed by atoms with van der Waals surface area (Å²) in [6.07, 6.45) is -0.720. The highest BCUT2D eigenvalue weighted by atomic mass is 32.1. The average molecular weight is 258 g/mol. The maximum atomic E-state index is 12.5. The molecule has 0 saturated heterocycles. The molecule has 0 spiro atoms. The molecule has 0 unspecified atom stereocenters. The summed E-state index contributed by atoms with van der Waals surface area (Å²) < 4.78 is 37.5. The summed E-state index contributed by atoms with van der Waals surface area (Å²) >= 11 is 4.21. The van der Waals surface area contributed by atoms with Crippen molar-refractivity contribution in [1.29, 1.82) is 0 Å². The van der Waals surface area contributed by atoms with Crippen LogP contribution in [0.4, 0.5) is 13.2 Å². The molecule has 0 saturated carbocycles. The van der Waals surface area contributed by atoms with E-state index in [-0.39, 0.29) is 0 Å². The van der Waals surface area contributed by atoms with Gasteiger partial charge in [0.1, 0.15) is 0 Å². The van der Waals surface area contributed by atoms with E-state index in [1.54, 1.807) is 12.1 Å². The van der Waals surface area contributed by atoms with E-state index in [0.717, 1.165) is 17.7 Å². The van der Waals surface area contributed by atoms with E-state index < -0.39 is 11.7 Å². The van der Waals surface area contributed by atoms with Crippen molar-refractivity contribution in [3.63, 3.8) is 0 Å². The molecule has 0 atom stereocenters. The maximum Gasteiger partial charge on any atom is 0.416 e. The number of thiol groups is 1. The van der Waals surface area contributed by atoms with E-state index in [0.29, 0.717) is 10.5 Å². The van der Waals surface area contributed by atoms with Gasteiger partial charge in [0.25, 0.3) is 0 Å². The molecule has 0 aliphatic rings. The van der Waals surface area contributed by atoms with Crippen molar-refractivity contribution in [3.8, 4) is 0 Å². The molecule has 0 heterocycles. The van der Waals surface area contributed by atoms with Gasteiger partial charge in [0, 0.05) is 4.91 Å². The summed E-state index contributed by atoms with van der Waals surface area (Å²) in [7, 11) is 0. The van der Waals surface area contributed by atoms with Crippen LogP contribution in [0.15, 0.2) is 42.0 Å². The van der Waals surface area contributed by atoms with Crippen LogP contribution in [-0.4, -0.2) is 0 Å². The monoisotopic (exact) mass is 258 g/mol. The zero-order valence-electron chi connectivity index (χ0n) is 9.55. The van der Waals surface area contributed by atoms with Gasteiger partial charge in [-0.15, -0.1) is 12.6 Å². The van der Waals surface area contributed by atoms with E-state index in [1.165, 1.54) is 6.07 Å². The quantitative estimate of drug-likeness (QED) is 0.563. The molecular weight excluding hydrogens is 245 g/mol. The fraction of sp³-hybridized carbons (Fsp3) is 0.231. The third-order valence-electron chi connectivity index (χ3n) is 2.31. The van der Waals surface area contributed by atoms with Crippen LogP contribution in [0, 0.1) is 0 Å². The van der Waals surface area contributed by atoms with Gasteiger partial charge >= 0.3 is 6.18 Å². The van der Waals surface area contributed by atoms with Crippen LogP contribution in [0.2, 0.25) is 0 Å². The smallest absolute Gasteiger partial charge is 0.166 e. The molecule has 1 rings (SSSR count). The van der Waals surface area contributed by atoms with Crippen molar-refractivity contribution in [3.05, 3.63) is 53.1 Å². The van der Waals surface area contributed by atoms with Gasteiger partial charge in [-0.25, -0.2) is 0 Å². The Morgan fingerprint density at radius 3 is 2.47 bits per heavy atom. The molecule has 1 aromatic rings. The second-order valence-electron chi connectivity index (χ2n) is 3.64. The van der Waals surface area contributed by atoms with Crippen LogP contribution in [0.5, 0.6) is 0 Å². The van der Waals surface area contributed by atoms with Gasteiger partial charge in [0.05, 0.1) is 5.56 Å². The first-order chi connectivity index (χ1) is 7.84. The topological polar surface area (TPSA) is 0 Å². The summed E-state index contributed by atoms with van der Waals surface area (Å²) in [6.45, 7) is 3.73. The Balaban J connectivity index is 3.13. The number of halogens is 3. The molecule has 0 aromatic heterocycles. The zero-order valence-corrected chi connectivity index (χ0v) is 10.4. The van der Waals surface area contributed by atoms with Crippen LogP contribution in [0.1, 0.15) is 25.0 Å². The lowest BCUT2D eigenvalue weighted by Crippen LogP contribution is -2.04. The number of allylic oxidation sites excluding steroid dienone is 3. The first kappa shape index (κ1) is 13.9. The minimum absolute atomic E-state index is 0.462. The highest BCUT2D eigenvalue weighted by molar-refractivity contribution is 7.90. The van der Waals surface area contributed by atoms with Crippen molar-refractivity contribution in [2.24, 2.45) is 0 Å². The molecule has 0 N–H and O–H groups in total. The van der Waals surface area contributed by atoms with E-state index >= 15 is 0 Å². The average Bonchev–Trinajstić information content (AvgIpc) is 2.28. The Morgan fingerprint density at radius 2 is 1.94 bits per heavy atom. The standard InChI is InChI=1S/C13H13F3S/c1-3-9(2)7-12(17)10-5-4-6-11(8-10)13(14,15)16/h3-8,17H,1-2H3/b9-3+,12-7-. The SMILES string of the molecule is C/C=C(C)/C=C(\S)c1cccc(C(F)(F)F)c1. The van der Waals surface area contributed by atoms with Gasteiger partial charge < -0.3 is 0 Å². The fourth-order valence-electron chi connectivity index (χ4n) is 1.24. The molecule has 0 radical (unpaired) electrons. The number of hydrogen-bond donors (Lipinski definition) is 1. The minimum atomic E-state index is -4.32. The van der Waals surface area contributed by atoms with Crippen molar-refractivity contribution >= 4 is 17.5 Å². The predicted octanol–water partition coefficient (Wildman–Crippen LogP) is 4.94. The molecule has 0 aliphatic carbocycles. The van der Waals surface area contributed by atoms with Gasteiger partial charge in [-0.1, -0.05) is 23.8 Å². The van der Waals surface area contributed by atoms with Gasteiger partial charge in [0.2, 0.25) is 0 Å². The lowest BCUT2D eigenvalue weighted by atomic mass is 10.1. The van der Waals surface area contributed by atoms with Gasteiger partial charge in [-0.3, -0.25) is 0 Å². The summed E-state index contributed by atoms with van der Waals surface area (Å²) in [5, 5.41) is 0. The number of hydrogen-bond acceptors (Lipinski definition) is 1. The van der Waals surface area contributed by atoms with Crippen molar-refractivity contribution < 1.29 is 13.2 Å². The molecule has 92 valence electrons. The molecule has 17 heavy (non-hydrogen) atoms. The number of benzene rings is 1. The summed E-state index contributed by atoms with van der Waals surface area (Å²) in [5.74, 6) is 0. The predicted molar refractivity (Wildman–Crippen MR) is 67.8 cm³/mol. The largest absolute Gasteiger partial charge is 0.416 e. The number of rotatable bonds is 2.